The lowest BCUT2D eigenvalue weighted by Crippen LogP contribution is -2.34. The Morgan fingerprint density at radius 3 is 2.68 bits per heavy atom. The summed E-state index contributed by atoms with van der Waals surface area (Å²) in [6.45, 7) is 4.35. The van der Waals surface area contributed by atoms with Gasteiger partial charge in [0.15, 0.2) is 0 Å². The smallest absolute Gasteiger partial charge is 0.264 e. The third-order valence-electron chi connectivity index (χ3n) is 4.28. The van der Waals surface area contributed by atoms with Crippen molar-refractivity contribution in [3.05, 3.63) is 46.7 Å². The first-order valence-corrected chi connectivity index (χ1v) is 8.13. The van der Waals surface area contributed by atoms with Crippen LogP contribution >= 0.6 is 23.7 Å². The lowest BCUT2D eigenvalue weighted by atomic mass is 9.90. The van der Waals surface area contributed by atoms with Crippen LogP contribution in [0.1, 0.15) is 23.0 Å². The summed E-state index contributed by atoms with van der Waals surface area (Å²) in [5, 5.41) is 1.99. The van der Waals surface area contributed by atoms with Gasteiger partial charge in [0.1, 0.15) is 0 Å². The van der Waals surface area contributed by atoms with Crippen molar-refractivity contribution in [3.63, 3.8) is 0 Å². The van der Waals surface area contributed by atoms with Crippen LogP contribution in [0.5, 0.6) is 0 Å². The highest BCUT2D eigenvalue weighted by molar-refractivity contribution is 7.12. The standard InChI is InChI=1S/C17H20N2OS.ClH/c1-17(11-18)8-9-19(12-17)16(20)15-14(7-10-21-15)13-5-3-2-4-6-13;/h2-7,10H,8-9,11-12,18H2,1H3;1H. The van der Waals surface area contributed by atoms with E-state index in [4.69, 9.17) is 5.73 Å². The minimum Gasteiger partial charge on any atom is -0.337 e. The molecule has 1 aromatic heterocycles. The fourth-order valence-electron chi connectivity index (χ4n) is 2.83. The number of nitrogens with zero attached hydrogens (tertiary/aromatic N) is 1. The Balaban J connectivity index is 0.00000176. The van der Waals surface area contributed by atoms with E-state index in [0.717, 1.165) is 35.5 Å². The fourth-order valence-corrected chi connectivity index (χ4v) is 3.71. The molecule has 22 heavy (non-hydrogen) atoms. The molecule has 1 unspecified atom stereocenters. The fraction of sp³-hybridized carbons (Fsp3) is 0.353. The molecule has 1 atom stereocenters. The number of benzene rings is 1. The second-order valence-electron chi connectivity index (χ2n) is 6.02. The average Bonchev–Trinajstić information content (AvgIpc) is 3.15. The SMILES string of the molecule is CC1(CN)CCN(C(=O)c2sccc2-c2ccccc2)C1.Cl. The zero-order chi connectivity index (χ0) is 14.9. The molecule has 2 aromatic rings. The van der Waals surface area contributed by atoms with Crippen LogP contribution in [0.2, 0.25) is 0 Å². The van der Waals surface area contributed by atoms with Gasteiger partial charge in [-0.25, -0.2) is 0 Å². The molecule has 1 aliphatic heterocycles. The molecule has 118 valence electrons. The van der Waals surface area contributed by atoms with Crippen LogP contribution in [-0.2, 0) is 0 Å². The number of hydrogen-bond acceptors (Lipinski definition) is 3. The molecule has 1 amide bonds. The van der Waals surface area contributed by atoms with E-state index < -0.39 is 0 Å². The largest absolute Gasteiger partial charge is 0.337 e. The normalized spacial score (nSPS) is 20.7. The summed E-state index contributed by atoms with van der Waals surface area (Å²) in [5.41, 5.74) is 8.04. The van der Waals surface area contributed by atoms with Crippen molar-refractivity contribution in [3.8, 4) is 11.1 Å². The summed E-state index contributed by atoms with van der Waals surface area (Å²) in [6, 6.07) is 12.1. The molecule has 3 nitrogen and oxygen atoms in total. The van der Waals surface area contributed by atoms with E-state index in [-0.39, 0.29) is 23.7 Å². The van der Waals surface area contributed by atoms with Crippen LogP contribution < -0.4 is 5.73 Å². The van der Waals surface area contributed by atoms with Crippen LogP contribution in [0.15, 0.2) is 41.8 Å². The summed E-state index contributed by atoms with van der Waals surface area (Å²) < 4.78 is 0. The van der Waals surface area contributed by atoms with Crippen LogP contribution in [0.25, 0.3) is 11.1 Å². The highest BCUT2D eigenvalue weighted by atomic mass is 35.5. The molecular weight excluding hydrogens is 316 g/mol. The number of nitrogens with two attached hydrogens (primary N) is 1. The summed E-state index contributed by atoms with van der Waals surface area (Å²) >= 11 is 1.52. The van der Waals surface area contributed by atoms with Gasteiger partial charge in [-0.1, -0.05) is 37.3 Å². The van der Waals surface area contributed by atoms with Gasteiger partial charge in [-0.2, -0.15) is 0 Å². The first-order chi connectivity index (χ1) is 10.1. The molecule has 1 saturated heterocycles. The number of thiophene rings is 1. The maximum absolute atomic E-state index is 12.8. The van der Waals surface area contributed by atoms with E-state index in [9.17, 15) is 4.79 Å². The van der Waals surface area contributed by atoms with Gasteiger partial charge >= 0.3 is 0 Å². The summed E-state index contributed by atoms with van der Waals surface area (Å²) in [4.78, 5) is 15.6. The Bertz CT molecular complexity index is 643. The Kier molecular flexibility index (Phi) is 5.27. The number of hydrogen-bond donors (Lipinski definition) is 1. The van der Waals surface area contributed by atoms with Gasteiger partial charge in [0.25, 0.3) is 5.91 Å². The van der Waals surface area contributed by atoms with E-state index in [1.165, 1.54) is 11.3 Å². The number of halogens is 1. The zero-order valence-corrected chi connectivity index (χ0v) is 14.3. The molecular formula is C17H21ClN2OS. The van der Waals surface area contributed by atoms with Crippen molar-refractivity contribution < 1.29 is 4.79 Å². The number of rotatable bonds is 3. The van der Waals surface area contributed by atoms with Crippen LogP contribution in [0.3, 0.4) is 0 Å². The predicted molar refractivity (Wildman–Crippen MR) is 94.7 cm³/mol. The molecule has 0 bridgehead atoms. The quantitative estimate of drug-likeness (QED) is 0.930. The van der Waals surface area contributed by atoms with Crippen LogP contribution in [-0.4, -0.2) is 30.4 Å². The Morgan fingerprint density at radius 1 is 1.32 bits per heavy atom. The molecule has 5 heteroatoms. The van der Waals surface area contributed by atoms with Gasteiger partial charge in [-0.3, -0.25) is 4.79 Å². The summed E-state index contributed by atoms with van der Waals surface area (Å²) in [5.74, 6) is 0.140. The van der Waals surface area contributed by atoms with E-state index >= 15 is 0 Å². The van der Waals surface area contributed by atoms with Gasteiger partial charge in [0, 0.05) is 18.7 Å². The highest BCUT2D eigenvalue weighted by Gasteiger charge is 2.36. The third kappa shape index (κ3) is 3.19. The van der Waals surface area contributed by atoms with Gasteiger partial charge in [0.05, 0.1) is 4.88 Å². The maximum atomic E-state index is 12.8. The molecule has 3 rings (SSSR count). The number of likely N-dealkylation sites (tertiary alicyclic amines) is 1. The molecule has 1 aliphatic rings. The lowest BCUT2D eigenvalue weighted by Gasteiger charge is -2.22. The Hall–Kier alpha value is -1.36. The maximum Gasteiger partial charge on any atom is 0.264 e. The molecule has 0 spiro atoms. The first-order valence-electron chi connectivity index (χ1n) is 7.25. The molecule has 0 saturated carbocycles. The summed E-state index contributed by atoms with van der Waals surface area (Å²) in [6.07, 6.45) is 0.987. The topological polar surface area (TPSA) is 46.3 Å². The molecule has 0 aliphatic carbocycles. The molecule has 1 fully saturated rings. The van der Waals surface area contributed by atoms with E-state index in [1.807, 2.05) is 46.7 Å². The van der Waals surface area contributed by atoms with Gasteiger partial charge < -0.3 is 10.6 Å². The van der Waals surface area contributed by atoms with E-state index in [1.54, 1.807) is 0 Å². The molecule has 2 N–H and O–H groups in total. The monoisotopic (exact) mass is 336 g/mol. The van der Waals surface area contributed by atoms with Crippen molar-refractivity contribution in [2.45, 2.75) is 13.3 Å². The highest BCUT2D eigenvalue weighted by Crippen LogP contribution is 2.33. The van der Waals surface area contributed by atoms with Gasteiger partial charge in [-0.15, -0.1) is 23.7 Å². The molecule has 0 radical (unpaired) electrons. The summed E-state index contributed by atoms with van der Waals surface area (Å²) in [7, 11) is 0. The average molecular weight is 337 g/mol. The zero-order valence-electron chi connectivity index (χ0n) is 12.6. The Morgan fingerprint density at radius 2 is 2.05 bits per heavy atom. The van der Waals surface area contributed by atoms with Crippen molar-refractivity contribution in [1.29, 1.82) is 0 Å². The van der Waals surface area contributed by atoms with Crippen molar-refractivity contribution in [2.24, 2.45) is 11.1 Å². The van der Waals surface area contributed by atoms with E-state index in [2.05, 4.69) is 6.92 Å². The number of carbonyl (C=O) groups is 1. The van der Waals surface area contributed by atoms with Gasteiger partial charge in [-0.05, 0) is 35.4 Å². The molecule has 2 heterocycles. The second-order valence-corrected chi connectivity index (χ2v) is 6.94. The van der Waals surface area contributed by atoms with Crippen LogP contribution in [0, 0.1) is 5.41 Å². The number of amides is 1. The van der Waals surface area contributed by atoms with Crippen molar-refractivity contribution >= 4 is 29.7 Å². The van der Waals surface area contributed by atoms with Crippen molar-refractivity contribution in [2.75, 3.05) is 19.6 Å². The Labute approximate surface area is 141 Å². The second kappa shape index (κ2) is 6.82. The minimum atomic E-state index is 0. The van der Waals surface area contributed by atoms with Crippen LogP contribution in [0.4, 0.5) is 0 Å². The van der Waals surface area contributed by atoms with Gasteiger partial charge in [0.2, 0.25) is 0 Å². The van der Waals surface area contributed by atoms with Crippen molar-refractivity contribution in [1.82, 2.24) is 4.90 Å². The third-order valence-corrected chi connectivity index (χ3v) is 5.18. The predicted octanol–water partition coefficient (Wildman–Crippen LogP) is 3.65. The first kappa shape index (κ1) is 17.0. The number of carbonyl (C=O) groups excluding carboxylic acids is 1. The lowest BCUT2D eigenvalue weighted by molar-refractivity contribution is 0.0782. The van der Waals surface area contributed by atoms with E-state index in [0.29, 0.717) is 6.54 Å². The minimum absolute atomic E-state index is 0. The molecule has 1 aromatic carbocycles.